The largest absolute Gasteiger partial charge is 0.459 e. The van der Waals surface area contributed by atoms with Gasteiger partial charge in [0, 0.05) is 11.3 Å². The average Bonchev–Trinajstić information content (AvgIpc) is 3.24. The molecule has 146 valence electrons. The predicted molar refractivity (Wildman–Crippen MR) is 106 cm³/mol. The van der Waals surface area contributed by atoms with Crippen LogP contribution in [0.4, 0.5) is 10.1 Å². The van der Waals surface area contributed by atoms with Crippen LogP contribution in [0.2, 0.25) is 0 Å². The number of hydrogen-bond acceptors (Lipinski definition) is 4. The summed E-state index contributed by atoms with van der Waals surface area (Å²) in [5.74, 6) is -1.67. The number of Topliss-reactive ketones (excluding diaryl/α,β-unsaturated/α-hetero) is 1. The summed E-state index contributed by atoms with van der Waals surface area (Å²) in [6, 6.07) is 14.8. The molecule has 29 heavy (non-hydrogen) atoms. The monoisotopic (exact) mass is 392 g/mol. The zero-order valence-electron chi connectivity index (χ0n) is 15.4. The second-order valence-electron chi connectivity index (χ2n) is 6.13. The Morgan fingerprint density at radius 1 is 0.966 bits per heavy atom. The van der Waals surface area contributed by atoms with Crippen molar-refractivity contribution in [3.8, 4) is 0 Å². The molecule has 0 aliphatic rings. The lowest BCUT2D eigenvalue weighted by atomic mass is 10.1. The molecule has 1 heterocycles. The van der Waals surface area contributed by atoms with E-state index in [2.05, 4.69) is 10.6 Å². The van der Waals surface area contributed by atoms with Gasteiger partial charge in [-0.25, -0.2) is 4.39 Å². The summed E-state index contributed by atoms with van der Waals surface area (Å²) in [4.78, 5) is 36.4. The molecule has 2 amide bonds. The molecule has 1 aromatic heterocycles. The predicted octanol–water partition coefficient (Wildman–Crippen LogP) is 4.03. The van der Waals surface area contributed by atoms with E-state index in [-0.39, 0.29) is 17.2 Å². The van der Waals surface area contributed by atoms with E-state index >= 15 is 0 Å². The van der Waals surface area contributed by atoms with Gasteiger partial charge in [-0.1, -0.05) is 12.1 Å². The first-order valence-corrected chi connectivity index (χ1v) is 8.67. The number of anilines is 1. The minimum Gasteiger partial charge on any atom is -0.459 e. The Hall–Kier alpha value is -4.00. The number of nitrogens with one attached hydrogen (secondary N) is 2. The van der Waals surface area contributed by atoms with E-state index in [9.17, 15) is 18.8 Å². The van der Waals surface area contributed by atoms with Gasteiger partial charge in [-0.15, -0.1) is 0 Å². The van der Waals surface area contributed by atoms with Gasteiger partial charge in [0.05, 0.1) is 6.26 Å². The summed E-state index contributed by atoms with van der Waals surface area (Å²) in [6.07, 6.45) is 2.76. The Labute approximate surface area is 166 Å². The van der Waals surface area contributed by atoms with Crippen LogP contribution >= 0.6 is 0 Å². The third-order valence-electron chi connectivity index (χ3n) is 3.97. The second kappa shape index (κ2) is 8.79. The number of ketones is 1. The fourth-order valence-electron chi connectivity index (χ4n) is 2.46. The van der Waals surface area contributed by atoms with Crippen molar-refractivity contribution in [1.29, 1.82) is 0 Å². The Kier molecular flexibility index (Phi) is 5.99. The molecule has 3 aromatic rings. The number of amides is 2. The molecule has 2 aromatic carbocycles. The third kappa shape index (κ3) is 5.26. The maximum absolute atomic E-state index is 13.1. The van der Waals surface area contributed by atoms with E-state index in [0.717, 1.165) is 0 Å². The molecule has 0 atom stereocenters. The van der Waals surface area contributed by atoms with Gasteiger partial charge in [0.1, 0.15) is 11.5 Å². The van der Waals surface area contributed by atoms with Crippen molar-refractivity contribution in [3.05, 3.63) is 95.3 Å². The smallest absolute Gasteiger partial charge is 0.291 e. The van der Waals surface area contributed by atoms with Gasteiger partial charge in [-0.3, -0.25) is 14.4 Å². The van der Waals surface area contributed by atoms with E-state index in [1.807, 2.05) is 0 Å². The van der Waals surface area contributed by atoms with Gasteiger partial charge in [-0.2, -0.15) is 0 Å². The highest BCUT2D eigenvalue weighted by molar-refractivity contribution is 6.10. The summed E-state index contributed by atoms with van der Waals surface area (Å²) in [5.41, 5.74) is 1.41. The van der Waals surface area contributed by atoms with Crippen molar-refractivity contribution >= 4 is 29.4 Å². The zero-order chi connectivity index (χ0) is 20.8. The molecule has 0 radical (unpaired) electrons. The number of furan rings is 1. The maximum atomic E-state index is 13.1. The fraction of sp³-hybridized carbons (Fsp3) is 0.0455. The SMILES string of the molecule is CC(=O)c1ccc(NC(=O)/C(=C\c2ccc(F)cc2)NC(=O)c2ccco2)cc1. The number of rotatable bonds is 6. The van der Waals surface area contributed by atoms with Gasteiger partial charge < -0.3 is 15.1 Å². The van der Waals surface area contributed by atoms with Gasteiger partial charge >= 0.3 is 0 Å². The molecule has 0 aliphatic heterocycles. The Balaban J connectivity index is 1.84. The van der Waals surface area contributed by atoms with Gasteiger partial charge in [0.2, 0.25) is 0 Å². The van der Waals surface area contributed by atoms with Crippen LogP contribution in [-0.2, 0) is 4.79 Å². The number of carbonyl (C=O) groups excluding carboxylic acids is 3. The molecule has 6 nitrogen and oxygen atoms in total. The van der Waals surface area contributed by atoms with Crippen molar-refractivity contribution in [3.63, 3.8) is 0 Å². The first-order valence-electron chi connectivity index (χ1n) is 8.67. The van der Waals surface area contributed by atoms with E-state index in [1.165, 1.54) is 49.6 Å². The first-order chi connectivity index (χ1) is 13.9. The summed E-state index contributed by atoms with van der Waals surface area (Å²) in [7, 11) is 0. The van der Waals surface area contributed by atoms with Gasteiger partial charge in [-0.05, 0) is 67.1 Å². The van der Waals surface area contributed by atoms with E-state index in [1.54, 1.807) is 30.3 Å². The normalized spacial score (nSPS) is 11.0. The summed E-state index contributed by atoms with van der Waals surface area (Å²) >= 11 is 0. The van der Waals surface area contributed by atoms with E-state index in [0.29, 0.717) is 16.8 Å². The van der Waals surface area contributed by atoms with Crippen molar-refractivity contribution < 1.29 is 23.2 Å². The lowest BCUT2D eigenvalue weighted by Crippen LogP contribution is -2.30. The van der Waals surface area contributed by atoms with Crippen molar-refractivity contribution in [2.45, 2.75) is 6.92 Å². The first kappa shape index (κ1) is 19.8. The highest BCUT2D eigenvalue weighted by atomic mass is 19.1. The van der Waals surface area contributed by atoms with Crippen LogP contribution in [0, 0.1) is 5.82 Å². The van der Waals surface area contributed by atoms with Crippen LogP contribution in [0.25, 0.3) is 6.08 Å². The highest BCUT2D eigenvalue weighted by Gasteiger charge is 2.16. The van der Waals surface area contributed by atoms with Crippen LogP contribution in [0.3, 0.4) is 0 Å². The topological polar surface area (TPSA) is 88.4 Å². The average molecular weight is 392 g/mol. The molecule has 0 bridgehead atoms. The molecule has 0 aliphatic carbocycles. The van der Waals surface area contributed by atoms with Crippen LogP contribution < -0.4 is 10.6 Å². The van der Waals surface area contributed by atoms with Gasteiger partial charge in [0.15, 0.2) is 11.5 Å². The lowest BCUT2D eigenvalue weighted by molar-refractivity contribution is -0.113. The standard InChI is InChI=1S/C22H17FN2O4/c1-14(26)16-6-10-18(11-7-16)24-21(27)19(13-15-4-8-17(23)9-5-15)25-22(28)20-3-2-12-29-20/h2-13H,1H3,(H,24,27)(H,25,28)/b19-13+. The summed E-state index contributed by atoms with van der Waals surface area (Å²) in [6.45, 7) is 1.45. The maximum Gasteiger partial charge on any atom is 0.291 e. The molecule has 2 N–H and O–H groups in total. The minimum atomic E-state index is -0.606. The summed E-state index contributed by atoms with van der Waals surface area (Å²) in [5, 5.41) is 5.15. The summed E-state index contributed by atoms with van der Waals surface area (Å²) < 4.78 is 18.2. The third-order valence-corrected chi connectivity index (χ3v) is 3.97. The molecule has 0 saturated carbocycles. The van der Waals surface area contributed by atoms with Crippen LogP contribution in [-0.4, -0.2) is 17.6 Å². The number of carbonyl (C=O) groups is 3. The molecule has 7 heteroatoms. The Bertz CT molecular complexity index is 1050. The second-order valence-corrected chi connectivity index (χ2v) is 6.13. The molecule has 0 fully saturated rings. The van der Waals surface area contributed by atoms with Crippen molar-refractivity contribution in [1.82, 2.24) is 5.32 Å². The van der Waals surface area contributed by atoms with E-state index < -0.39 is 17.6 Å². The molecular formula is C22H17FN2O4. The number of halogens is 1. The Morgan fingerprint density at radius 2 is 1.66 bits per heavy atom. The molecule has 0 unspecified atom stereocenters. The van der Waals surface area contributed by atoms with Crippen molar-refractivity contribution in [2.75, 3.05) is 5.32 Å². The number of hydrogen-bond donors (Lipinski definition) is 2. The molecule has 3 rings (SSSR count). The van der Waals surface area contributed by atoms with Crippen LogP contribution in [0.15, 0.2) is 77.0 Å². The van der Waals surface area contributed by atoms with Crippen molar-refractivity contribution in [2.24, 2.45) is 0 Å². The molecule has 0 spiro atoms. The fourth-order valence-corrected chi connectivity index (χ4v) is 2.46. The number of benzene rings is 2. The van der Waals surface area contributed by atoms with Crippen LogP contribution in [0.1, 0.15) is 33.4 Å². The quantitative estimate of drug-likeness (QED) is 0.490. The zero-order valence-corrected chi connectivity index (χ0v) is 15.4. The molecule has 0 saturated heterocycles. The van der Waals surface area contributed by atoms with E-state index in [4.69, 9.17) is 4.42 Å². The molecular weight excluding hydrogens is 375 g/mol. The lowest BCUT2D eigenvalue weighted by Gasteiger charge is -2.11. The van der Waals surface area contributed by atoms with Crippen LogP contribution in [0.5, 0.6) is 0 Å². The van der Waals surface area contributed by atoms with Gasteiger partial charge in [0.25, 0.3) is 11.8 Å². The highest BCUT2D eigenvalue weighted by Crippen LogP contribution is 2.14. The minimum absolute atomic E-state index is 0.0358. The Morgan fingerprint density at radius 3 is 2.24 bits per heavy atom.